The van der Waals surface area contributed by atoms with E-state index < -0.39 is 5.91 Å². The largest absolute Gasteiger partial charge is 0.382 e. The highest BCUT2D eigenvalue weighted by atomic mass is 35.5. The van der Waals surface area contributed by atoms with Gasteiger partial charge in [0, 0.05) is 13.0 Å². The second kappa shape index (κ2) is 14.9. The molecular weight excluding hydrogens is 493 g/mol. The number of nitrogens with two attached hydrogens (primary N) is 3. The van der Waals surface area contributed by atoms with Crippen molar-refractivity contribution in [3.63, 3.8) is 0 Å². The first-order chi connectivity index (χ1) is 14.8. The Kier molecular flexibility index (Phi) is 13.6. The van der Waals surface area contributed by atoms with E-state index in [-0.39, 0.29) is 59.2 Å². The lowest BCUT2D eigenvalue weighted by atomic mass is 10.1. The number of carbonyl (C=O) groups is 2. The Balaban J connectivity index is 0.00000512. The van der Waals surface area contributed by atoms with Crippen LogP contribution in [0.1, 0.15) is 42.2 Å². The summed E-state index contributed by atoms with van der Waals surface area (Å²) in [7, 11) is 0. The van der Waals surface area contributed by atoms with Crippen molar-refractivity contribution in [1.29, 1.82) is 0 Å². The summed E-state index contributed by atoms with van der Waals surface area (Å²) >= 11 is 5.76. The number of anilines is 3. The molecule has 0 aliphatic heterocycles. The first-order valence-electron chi connectivity index (χ1n) is 9.63. The SMILES string of the molecule is CCC(=O)NNc1ccc(CCCCN=C(N)NC(=O)c2nc(Cl)c(N)nc2N)cc1.Cl.Cl. The fraction of sp³-hybridized carbons (Fsp3) is 0.316. The van der Waals surface area contributed by atoms with E-state index in [2.05, 4.69) is 31.1 Å². The summed E-state index contributed by atoms with van der Waals surface area (Å²) in [4.78, 5) is 35.1. The number of carbonyl (C=O) groups excluding carboxylic acids is 2. The third-order valence-corrected chi connectivity index (χ3v) is 4.42. The third kappa shape index (κ3) is 9.98. The molecule has 0 fully saturated rings. The van der Waals surface area contributed by atoms with E-state index in [1.807, 2.05) is 24.3 Å². The summed E-state index contributed by atoms with van der Waals surface area (Å²) in [5, 5.41) is 2.27. The zero-order chi connectivity index (χ0) is 22.8. The van der Waals surface area contributed by atoms with Gasteiger partial charge in [0.15, 0.2) is 28.4 Å². The molecule has 0 aliphatic rings. The number of rotatable bonds is 9. The van der Waals surface area contributed by atoms with Gasteiger partial charge in [0.2, 0.25) is 5.91 Å². The van der Waals surface area contributed by atoms with E-state index in [0.717, 1.165) is 30.5 Å². The van der Waals surface area contributed by atoms with Crippen LogP contribution in [0.4, 0.5) is 17.3 Å². The van der Waals surface area contributed by atoms with E-state index in [4.69, 9.17) is 28.8 Å². The molecule has 1 heterocycles. The number of nitrogens with zero attached hydrogens (tertiary/aromatic N) is 3. The lowest BCUT2D eigenvalue weighted by molar-refractivity contribution is -0.120. The first-order valence-corrected chi connectivity index (χ1v) is 10.0. The predicted molar refractivity (Wildman–Crippen MR) is 136 cm³/mol. The smallest absolute Gasteiger partial charge is 0.280 e. The molecule has 0 saturated carbocycles. The van der Waals surface area contributed by atoms with Crippen LogP contribution in [0.25, 0.3) is 0 Å². The molecule has 9 N–H and O–H groups in total. The molecule has 2 amide bonds. The minimum absolute atomic E-state index is 0. The second-order valence-corrected chi connectivity index (χ2v) is 6.89. The number of amides is 2. The van der Waals surface area contributed by atoms with Crippen LogP contribution in [0, 0.1) is 0 Å². The summed E-state index contributed by atoms with van der Waals surface area (Å²) in [6.45, 7) is 2.23. The molecular formula is C19H28Cl3N9O2. The minimum Gasteiger partial charge on any atom is -0.382 e. The van der Waals surface area contributed by atoms with Crippen molar-refractivity contribution in [3.05, 3.63) is 40.7 Å². The van der Waals surface area contributed by atoms with Crippen molar-refractivity contribution in [2.75, 3.05) is 23.4 Å². The van der Waals surface area contributed by atoms with Crippen molar-refractivity contribution < 1.29 is 9.59 Å². The van der Waals surface area contributed by atoms with Gasteiger partial charge in [-0.3, -0.25) is 30.7 Å². The van der Waals surface area contributed by atoms with Crippen LogP contribution in [0.3, 0.4) is 0 Å². The van der Waals surface area contributed by atoms with Gasteiger partial charge in [0.25, 0.3) is 5.91 Å². The van der Waals surface area contributed by atoms with Gasteiger partial charge in [-0.15, -0.1) is 24.8 Å². The van der Waals surface area contributed by atoms with Crippen molar-refractivity contribution in [2.24, 2.45) is 10.7 Å². The van der Waals surface area contributed by atoms with Gasteiger partial charge in [0.1, 0.15) is 0 Å². The van der Waals surface area contributed by atoms with Crippen LogP contribution < -0.4 is 33.4 Å². The van der Waals surface area contributed by atoms with Crippen LogP contribution in [-0.2, 0) is 11.2 Å². The normalized spacial score (nSPS) is 10.4. The monoisotopic (exact) mass is 519 g/mol. The molecule has 0 radical (unpaired) electrons. The molecule has 0 spiro atoms. The molecule has 2 aromatic rings. The van der Waals surface area contributed by atoms with Crippen LogP contribution in [-0.4, -0.2) is 34.3 Å². The van der Waals surface area contributed by atoms with E-state index in [0.29, 0.717) is 13.0 Å². The number of unbranched alkanes of at least 4 members (excludes halogenated alkanes) is 1. The highest BCUT2D eigenvalue weighted by Gasteiger charge is 2.16. The Bertz CT molecular complexity index is 956. The van der Waals surface area contributed by atoms with E-state index >= 15 is 0 Å². The maximum atomic E-state index is 12.2. The molecule has 0 unspecified atom stereocenters. The number of nitrogen functional groups attached to an aromatic ring is 2. The fourth-order valence-electron chi connectivity index (χ4n) is 2.45. The Morgan fingerprint density at radius 3 is 2.36 bits per heavy atom. The number of aliphatic imine (C=N–C) groups is 1. The fourth-order valence-corrected chi connectivity index (χ4v) is 2.58. The molecule has 33 heavy (non-hydrogen) atoms. The Morgan fingerprint density at radius 2 is 1.73 bits per heavy atom. The molecule has 1 aromatic heterocycles. The van der Waals surface area contributed by atoms with Gasteiger partial charge in [-0.1, -0.05) is 30.7 Å². The molecule has 11 nitrogen and oxygen atoms in total. The number of aryl methyl sites for hydroxylation is 1. The van der Waals surface area contributed by atoms with Gasteiger partial charge in [-0.05, 0) is 37.0 Å². The van der Waals surface area contributed by atoms with Crippen LogP contribution >= 0.6 is 36.4 Å². The molecule has 1 aromatic carbocycles. The molecule has 0 saturated heterocycles. The number of aromatic nitrogens is 2. The van der Waals surface area contributed by atoms with Crippen molar-refractivity contribution in [2.45, 2.75) is 32.6 Å². The van der Waals surface area contributed by atoms with Crippen molar-refractivity contribution in [3.8, 4) is 0 Å². The maximum Gasteiger partial charge on any atom is 0.280 e. The number of benzene rings is 1. The molecule has 182 valence electrons. The number of hydrazine groups is 1. The highest BCUT2D eigenvalue weighted by Crippen LogP contribution is 2.17. The van der Waals surface area contributed by atoms with Crippen molar-refractivity contribution in [1.82, 2.24) is 20.7 Å². The zero-order valence-corrected chi connectivity index (χ0v) is 20.3. The molecule has 0 atom stereocenters. The number of guanidine groups is 1. The highest BCUT2D eigenvalue weighted by molar-refractivity contribution is 6.31. The predicted octanol–water partition coefficient (Wildman–Crippen LogP) is 2.06. The minimum atomic E-state index is -0.669. The first kappa shape index (κ1) is 30.0. The third-order valence-electron chi connectivity index (χ3n) is 4.14. The van der Waals surface area contributed by atoms with Gasteiger partial charge in [0.05, 0.1) is 5.69 Å². The van der Waals surface area contributed by atoms with Crippen molar-refractivity contribution >= 4 is 71.5 Å². The lowest BCUT2D eigenvalue weighted by Gasteiger charge is -2.08. The van der Waals surface area contributed by atoms with Gasteiger partial charge >= 0.3 is 0 Å². The Labute approximate surface area is 209 Å². The zero-order valence-electron chi connectivity index (χ0n) is 17.9. The van der Waals surface area contributed by atoms with Gasteiger partial charge in [-0.2, -0.15) is 0 Å². The number of hydrogen-bond acceptors (Lipinski definition) is 8. The topological polar surface area (TPSA) is 186 Å². The summed E-state index contributed by atoms with van der Waals surface area (Å²) in [6, 6.07) is 7.77. The molecule has 2 rings (SSSR count). The lowest BCUT2D eigenvalue weighted by Crippen LogP contribution is -2.38. The van der Waals surface area contributed by atoms with Crippen LogP contribution in [0.2, 0.25) is 5.15 Å². The number of nitrogens with one attached hydrogen (secondary N) is 3. The molecule has 0 bridgehead atoms. The molecule has 0 aliphatic carbocycles. The van der Waals surface area contributed by atoms with Gasteiger partial charge < -0.3 is 17.2 Å². The van der Waals surface area contributed by atoms with E-state index in [1.54, 1.807) is 6.92 Å². The average Bonchev–Trinajstić information content (AvgIpc) is 2.75. The summed E-state index contributed by atoms with van der Waals surface area (Å²) in [6.07, 6.45) is 2.94. The number of halogens is 3. The van der Waals surface area contributed by atoms with Crippen LogP contribution in [0.5, 0.6) is 0 Å². The van der Waals surface area contributed by atoms with E-state index in [1.165, 1.54) is 0 Å². The summed E-state index contributed by atoms with van der Waals surface area (Å²) < 4.78 is 0. The molecule has 14 heteroatoms. The quantitative estimate of drug-likeness (QED) is 0.125. The standard InChI is InChI=1S/C19H26ClN9O2.2ClH/c1-2-13(30)29-28-12-8-6-11(7-9-12)5-3-4-10-24-19(23)27-18(31)14-16(21)26-17(22)15(20)25-14;;/h6-9,28H,2-5,10H2,1H3,(H,29,30)(H4,21,22,26)(H3,23,24,27,31);2*1H. The maximum absolute atomic E-state index is 12.2. The summed E-state index contributed by atoms with van der Waals surface area (Å²) in [5.74, 6) is -1.01. The van der Waals surface area contributed by atoms with Crippen LogP contribution in [0.15, 0.2) is 29.3 Å². The average molecular weight is 521 g/mol. The van der Waals surface area contributed by atoms with Gasteiger partial charge in [-0.25, -0.2) is 9.97 Å². The Hall–Kier alpha value is -3.02. The second-order valence-electron chi connectivity index (χ2n) is 6.54. The summed E-state index contributed by atoms with van der Waals surface area (Å²) in [5.41, 5.74) is 24.1. The van der Waals surface area contributed by atoms with E-state index in [9.17, 15) is 9.59 Å². The number of hydrogen-bond donors (Lipinski definition) is 6. The Morgan fingerprint density at radius 1 is 1.06 bits per heavy atom.